The third kappa shape index (κ3) is 4.50. The molecule has 1 amide bonds. The van der Waals surface area contributed by atoms with Crippen molar-refractivity contribution >= 4 is 56.6 Å². The highest BCUT2D eigenvalue weighted by Crippen LogP contribution is 2.35. The van der Waals surface area contributed by atoms with Crippen LogP contribution in [0.25, 0.3) is 10.2 Å². The summed E-state index contributed by atoms with van der Waals surface area (Å²) in [6.07, 6.45) is 4.19. The second-order valence-electron chi connectivity index (χ2n) is 6.93. The number of halogens is 1. The third-order valence-electron chi connectivity index (χ3n) is 5.05. The van der Waals surface area contributed by atoms with E-state index < -0.39 is 6.04 Å². The number of carbonyl (C=O) groups excluding carboxylic acids is 1. The lowest BCUT2D eigenvalue weighted by Crippen LogP contribution is -2.53. The molecule has 1 aliphatic rings. The van der Waals surface area contributed by atoms with Crippen LogP contribution in [0.15, 0.2) is 40.9 Å². The molecule has 3 aromatic rings. The summed E-state index contributed by atoms with van der Waals surface area (Å²) >= 11 is 9.36. The normalized spacial score (nSPS) is 15.7. The molecule has 2 N–H and O–H groups in total. The van der Waals surface area contributed by atoms with E-state index >= 15 is 0 Å². The fourth-order valence-electron chi connectivity index (χ4n) is 3.48. The zero-order valence-corrected chi connectivity index (χ0v) is 18.4. The van der Waals surface area contributed by atoms with Gasteiger partial charge in [-0.05, 0) is 36.4 Å². The molecule has 4 rings (SSSR count). The Labute approximate surface area is 183 Å². The molecular weight excluding hydrogens is 426 g/mol. The van der Waals surface area contributed by atoms with Crippen LogP contribution in [0.1, 0.15) is 5.56 Å². The highest BCUT2D eigenvalue weighted by molar-refractivity contribution is 8.00. The molecule has 1 aromatic carbocycles. The largest absolute Gasteiger partial charge is 0.352 e. The summed E-state index contributed by atoms with van der Waals surface area (Å²) < 4.78 is 2.33. The summed E-state index contributed by atoms with van der Waals surface area (Å²) in [5.74, 6) is 0.950. The van der Waals surface area contributed by atoms with Gasteiger partial charge in [-0.1, -0.05) is 23.7 Å². The minimum atomic E-state index is -0.546. The van der Waals surface area contributed by atoms with Gasteiger partial charge in [0.25, 0.3) is 0 Å². The summed E-state index contributed by atoms with van der Waals surface area (Å²) in [7, 11) is 0. The number of hydrogen-bond acceptors (Lipinski definition) is 7. The van der Waals surface area contributed by atoms with Gasteiger partial charge in [0.15, 0.2) is 0 Å². The Morgan fingerprint density at radius 2 is 1.97 bits per heavy atom. The van der Waals surface area contributed by atoms with Crippen LogP contribution in [0.3, 0.4) is 0 Å². The predicted octanol–water partition coefficient (Wildman–Crippen LogP) is 3.29. The van der Waals surface area contributed by atoms with Crippen LogP contribution in [0.2, 0.25) is 5.02 Å². The van der Waals surface area contributed by atoms with E-state index in [1.54, 1.807) is 29.4 Å². The van der Waals surface area contributed by atoms with Gasteiger partial charge in [-0.3, -0.25) is 4.79 Å². The Kier molecular flexibility index (Phi) is 6.24. The van der Waals surface area contributed by atoms with E-state index in [1.165, 1.54) is 4.21 Å². The molecule has 0 saturated carbocycles. The molecule has 1 atom stereocenters. The number of hydrogen-bond donors (Lipinski definition) is 1. The first-order valence-electron chi connectivity index (χ1n) is 9.37. The van der Waals surface area contributed by atoms with E-state index in [9.17, 15) is 4.79 Å². The fraction of sp³-hybridized carbons (Fsp3) is 0.350. The third-order valence-corrected chi connectivity index (χ3v) is 7.48. The molecule has 9 heteroatoms. The van der Waals surface area contributed by atoms with Crippen LogP contribution in [-0.2, 0) is 11.2 Å². The number of nitrogens with zero attached hydrogens (tertiary/aromatic N) is 4. The van der Waals surface area contributed by atoms with Crippen LogP contribution in [0, 0.1) is 0 Å². The molecule has 0 bridgehead atoms. The molecule has 0 spiro atoms. The predicted molar refractivity (Wildman–Crippen MR) is 121 cm³/mol. The maximum Gasteiger partial charge on any atom is 0.239 e. The number of thioether (sulfide) groups is 1. The molecule has 1 aliphatic heterocycles. The van der Waals surface area contributed by atoms with Crippen LogP contribution < -0.4 is 10.6 Å². The van der Waals surface area contributed by atoms with Crippen molar-refractivity contribution in [3.8, 4) is 0 Å². The van der Waals surface area contributed by atoms with Gasteiger partial charge in [-0.2, -0.15) is 0 Å². The standard InChI is InChI=1S/C20H22ClN5OS2/c1-28-17-11-16-18(29-17)19(24-12-23-16)25-6-8-26(9-7-25)20(27)15(22)10-13-2-4-14(21)5-3-13/h2-5,11-12,15H,6-10,22H2,1H3/t15-/m1/s1. The van der Waals surface area contributed by atoms with Crippen molar-refractivity contribution in [2.45, 2.75) is 16.7 Å². The number of aromatic nitrogens is 2. The SMILES string of the molecule is CSc1cc2ncnc(N3CCN(C(=O)[C@H](N)Cc4ccc(Cl)cc4)CC3)c2s1. The summed E-state index contributed by atoms with van der Waals surface area (Å²) in [6.45, 7) is 2.74. The number of benzene rings is 1. The molecule has 0 aliphatic carbocycles. The van der Waals surface area contributed by atoms with E-state index in [4.69, 9.17) is 17.3 Å². The summed E-state index contributed by atoms with van der Waals surface area (Å²) in [5, 5.41) is 0.680. The smallest absolute Gasteiger partial charge is 0.239 e. The molecule has 0 radical (unpaired) electrons. The molecule has 1 fully saturated rings. The van der Waals surface area contributed by atoms with Gasteiger partial charge < -0.3 is 15.5 Å². The molecule has 2 aromatic heterocycles. The van der Waals surface area contributed by atoms with E-state index in [0.717, 1.165) is 34.7 Å². The number of piperazine rings is 1. The molecule has 3 heterocycles. The number of fused-ring (bicyclic) bond motifs is 1. The van der Waals surface area contributed by atoms with Crippen LogP contribution in [-0.4, -0.2) is 59.3 Å². The van der Waals surface area contributed by atoms with Crippen LogP contribution >= 0.6 is 34.7 Å². The maximum absolute atomic E-state index is 12.8. The topological polar surface area (TPSA) is 75.4 Å². The highest BCUT2D eigenvalue weighted by atomic mass is 35.5. The van der Waals surface area contributed by atoms with E-state index in [2.05, 4.69) is 27.2 Å². The van der Waals surface area contributed by atoms with Gasteiger partial charge >= 0.3 is 0 Å². The molecule has 1 saturated heterocycles. The van der Waals surface area contributed by atoms with Crippen molar-refractivity contribution in [2.24, 2.45) is 5.73 Å². The van der Waals surface area contributed by atoms with E-state index in [1.807, 2.05) is 29.2 Å². The maximum atomic E-state index is 12.8. The first-order chi connectivity index (χ1) is 14.0. The molecule has 0 unspecified atom stereocenters. The zero-order chi connectivity index (χ0) is 20.4. The van der Waals surface area contributed by atoms with E-state index in [-0.39, 0.29) is 5.91 Å². The van der Waals surface area contributed by atoms with Crippen molar-refractivity contribution in [1.82, 2.24) is 14.9 Å². The second kappa shape index (κ2) is 8.87. The summed E-state index contributed by atoms with van der Waals surface area (Å²) in [4.78, 5) is 25.8. The fourth-order valence-corrected chi connectivity index (χ4v) is 5.28. The molecule has 6 nitrogen and oxygen atoms in total. The van der Waals surface area contributed by atoms with Crippen LogP contribution in [0.4, 0.5) is 5.82 Å². The lowest BCUT2D eigenvalue weighted by molar-refractivity contribution is -0.132. The van der Waals surface area contributed by atoms with Gasteiger partial charge in [0.05, 0.1) is 20.5 Å². The Bertz CT molecular complexity index is 1000. The monoisotopic (exact) mass is 447 g/mol. The lowest BCUT2D eigenvalue weighted by atomic mass is 10.1. The highest BCUT2D eigenvalue weighted by Gasteiger charge is 2.27. The minimum Gasteiger partial charge on any atom is -0.352 e. The average Bonchev–Trinajstić information content (AvgIpc) is 3.18. The van der Waals surface area contributed by atoms with Crippen molar-refractivity contribution in [2.75, 3.05) is 37.3 Å². The molecular formula is C20H22ClN5OS2. The molecule has 29 heavy (non-hydrogen) atoms. The number of thiophene rings is 1. The number of anilines is 1. The zero-order valence-electron chi connectivity index (χ0n) is 16.0. The van der Waals surface area contributed by atoms with Crippen molar-refractivity contribution in [3.63, 3.8) is 0 Å². The summed E-state index contributed by atoms with van der Waals surface area (Å²) in [6, 6.07) is 9.03. The van der Waals surface area contributed by atoms with Gasteiger partial charge in [0, 0.05) is 31.2 Å². The number of nitrogens with two attached hydrogens (primary N) is 1. The average molecular weight is 448 g/mol. The lowest BCUT2D eigenvalue weighted by Gasteiger charge is -2.36. The Morgan fingerprint density at radius 1 is 1.24 bits per heavy atom. The first kappa shape index (κ1) is 20.4. The number of amides is 1. The van der Waals surface area contributed by atoms with Crippen molar-refractivity contribution in [1.29, 1.82) is 0 Å². The van der Waals surface area contributed by atoms with E-state index in [0.29, 0.717) is 24.5 Å². The van der Waals surface area contributed by atoms with Gasteiger partial charge in [-0.25, -0.2) is 9.97 Å². The Morgan fingerprint density at radius 3 is 2.66 bits per heavy atom. The minimum absolute atomic E-state index is 0.00627. The van der Waals surface area contributed by atoms with Crippen molar-refractivity contribution in [3.05, 3.63) is 47.2 Å². The van der Waals surface area contributed by atoms with Crippen molar-refractivity contribution < 1.29 is 4.79 Å². The number of rotatable bonds is 5. The van der Waals surface area contributed by atoms with Crippen LogP contribution in [0.5, 0.6) is 0 Å². The van der Waals surface area contributed by atoms with Gasteiger partial charge in [-0.15, -0.1) is 23.1 Å². The second-order valence-corrected chi connectivity index (χ2v) is 9.53. The quantitative estimate of drug-likeness (QED) is 0.605. The summed E-state index contributed by atoms with van der Waals surface area (Å²) in [5.41, 5.74) is 8.19. The molecule has 152 valence electrons. The number of carbonyl (C=O) groups is 1. The Hall–Kier alpha value is -1.87. The first-order valence-corrected chi connectivity index (χ1v) is 11.8. The Balaban J connectivity index is 1.39. The van der Waals surface area contributed by atoms with Gasteiger partial charge in [0.2, 0.25) is 5.91 Å². The van der Waals surface area contributed by atoms with Gasteiger partial charge in [0.1, 0.15) is 12.1 Å².